The Kier molecular flexibility index (Phi) is 7.13. The maximum Gasteiger partial charge on any atom is 0.281 e. The van der Waals surface area contributed by atoms with Crippen LogP contribution in [-0.4, -0.2) is 77.6 Å². The summed E-state index contributed by atoms with van der Waals surface area (Å²) in [4.78, 5) is 20.3. The summed E-state index contributed by atoms with van der Waals surface area (Å²) in [6.45, 7) is 2.88. The molecule has 0 amide bonds. The maximum absolute atomic E-state index is 13.2. The summed E-state index contributed by atoms with van der Waals surface area (Å²) in [5.41, 5.74) is 2.30. The average molecular weight is 572 g/mol. The molecule has 1 aliphatic heterocycles. The second-order valence-corrected chi connectivity index (χ2v) is 13.9. The van der Waals surface area contributed by atoms with Crippen LogP contribution in [0.25, 0.3) is 11.2 Å². The molecule has 5 rings (SSSR count). The van der Waals surface area contributed by atoms with Crippen molar-refractivity contribution in [1.82, 2.24) is 33.6 Å². The van der Waals surface area contributed by atoms with Crippen molar-refractivity contribution in [2.45, 2.75) is 42.0 Å². The van der Waals surface area contributed by atoms with Crippen LogP contribution in [0.4, 0.5) is 0 Å². The molecule has 14 heteroatoms. The van der Waals surface area contributed by atoms with Gasteiger partial charge in [-0.3, -0.25) is 4.79 Å². The standard InChI is InChI=1S/C25H29N7O5S2/c1-17-4-6-18(7-5-17)16-32-24-22(28-29-32)25(33)27-23(26-24)19-12-14-31(15-13-19)39(36,37)21-10-8-20(9-11-21)38(34,35)30(2)3/h4-11,19H,12-16H2,1-3H3,(H,26,27,33). The lowest BCUT2D eigenvalue weighted by atomic mass is 9.97. The number of benzene rings is 2. The number of piperidine rings is 1. The number of H-pyrrole nitrogens is 1. The molecule has 0 bridgehead atoms. The molecular weight excluding hydrogens is 542 g/mol. The van der Waals surface area contributed by atoms with Gasteiger partial charge in [-0.2, -0.15) is 4.31 Å². The molecular formula is C25H29N7O5S2. The smallest absolute Gasteiger partial charge is 0.281 e. The molecule has 0 saturated carbocycles. The summed E-state index contributed by atoms with van der Waals surface area (Å²) < 4.78 is 55.1. The van der Waals surface area contributed by atoms with E-state index in [9.17, 15) is 21.6 Å². The van der Waals surface area contributed by atoms with Gasteiger partial charge in [-0.15, -0.1) is 5.10 Å². The first-order chi connectivity index (χ1) is 18.5. The van der Waals surface area contributed by atoms with Crippen LogP contribution in [0.3, 0.4) is 0 Å². The number of aryl methyl sites for hydroxylation is 1. The van der Waals surface area contributed by atoms with Crippen LogP contribution in [-0.2, 0) is 26.6 Å². The lowest BCUT2D eigenvalue weighted by Crippen LogP contribution is -2.38. The van der Waals surface area contributed by atoms with Crippen LogP contribution in [0.5, 0.6) is 0 Å². The van der Waals surface area contributed by atoms with Gasteiger partial charge in [0.1, 0.15) is 5.82 Å². The Morgan fingerprint density at radius 2 is 1.56 bits per heavy atom. The Morgan fingerprint density at radius 1 is 0.949 bits per heavy atom. The monoisotopic (exact) mass is 571 g/mol. The quantitative estimate of drug-likeness (QED) is 0.352. The van der Waals surface area contributed by atoms with Crippen molar-refractivity contribution < 1.29 is 16.8 Å². The average Bonchev–Trinajstić information content (AvgIpc) is 3.33. The molecule has 0 radical (unpaired) electrons. The molecule has 39 heavy (non-hydrogen) atoms. The van der Waals surface area contributed by atoms with E-state index in [1.165, 1.54) is 42.7 Å². The van der Waals surface area contributed by atoms with Gasteiger partial charge >= 0.3 is 0 Å². The van der Waals surface area contributed by atoms with Crippen LogP contribution >= 0.6 is 0 Å². The second-order valence-electron chi connectivity index (χ2n) is 9.79. The van der Waals surface area contributed by atoms with E-state index in [1.807, 2.05) is 31.2 Å². The largest absolute Gasteiger partial charge is 0.308 e. The molecule has 12 nitrogen and oxygen atoms in total. The van der Waals surface area contributed by atoms with Gasteiger partial charge in [-0.1, -0.05) is 35.0 Å². The lowest BCUT2D eigenvalue weighted by Gasteiger charge is -2.30. The van der Waals surface area contributed by atoms with E-state index in [-0.39, 0.29) is 39.9 Å². The third kappa shape index (κ3) is 5.24. The lowest BCUT2D eigenvalue weighted by molar-refractivity contribution is 0.313. The summed E-state index contributed by atoms with van der Waals surface area (Å²) in [6, 6.07) is 13.2. The number of nitrogens with zero attached hydrogens (tertiary/aromatic N) is 6. The van der Waals surface area contributed by atoms with Crippen molar-refractivity contribution in [3.05, 3.63) is 75.8 Å². The molecule has 1 aliphatic rings. The number of hydrogen-bond donors (Lipinski definition) is 1. The van der Waals surface area contributed by atoms with Gasteiger partial charge in [0.15, 0.2) is 11.2 Å². The molecule has 1 N–H and O–H groups in total. The zero-order chi connectivity index (χ0) is 27.9. The number of rotatable bonds is 7. The van der Waals surface area contributed by atoms with E-state index >= 15 is 0 Å². The molecule has 4 aromatic rings. The Morgan fingerprint density at radius 3 is 2.18 bits per heavy atom. The summed E-state index contributed by atoms with van der Waals surface area (Å²) in [5, 5.41) is 8.13. The van der Waals surface area contributed by atoms with E-state index in [0.717, 1.165) is 15.4 Å². The van der Waals surface area contributed by atoms with Gasteiger partial charge in [-0.05, 0) is 49.6 Å². The van der Waals surface area contributed by atoms with E-state index in [2.05, 4.69) is 20.3 Å². The number of aromatic amines is 1. The third-order valence-electron chi connectivity index (χ3n) is 6.93. The predicted molar refractivity (Wildman–Crippen MR) is 144 cm³/mol. The molecule has 1 saturated heterocycles. The van der Waals surface area contributed by atoms with Crippen molar-refractivity contribution in [3.63, 3.8) is 0 Å². The van der Waals surface area contributed by atoms with Crippen LogP contribution in [0.2, 0.25) is 0 Å². The fourth-order valence-electron chi connectivity index (χ4n) is 4.56. The number of aromatic nitrogens is 5. The molecule has 2 aromatic carbocycles. The minimum atomic E-state index is -3.82. The van der Waals surface area contributed by atoms with Crippen molar-refractivity contribution in [2.24, 2.45) is 0 Å². The molecule has 0 atom stereocenters. The van der Waals surface area contributed by atoms with E-state index in [4.69, 9.17) is 0 Å². The first kappa shape index (κ1) is 27.1. The topological polar surface area (TPSA) is 151 Å². The molecule has 3 heterocycles. The van der Waals surface area contributed by atoms with Gasteiger partial charge in [0.25, 0.3) is 5.56 Å². The van der Waals surface area contributed by atoms with Gasteiger partial charge in [0.2, 0.25) is 20.0 Å². The SMILES string of the molecule is Cc1ccc(Cn2nnc3c(=O)[nH]c(C4CCN(S(=O)(=O)c5ccc(S(=O)(=O)N(C)C)cc5)CC4)nc32)cc1. The van der Waals surface area contributed by atoms with Crippen molar-refractivity contribution in [2.75, 3.05) is 27.2 Å². The van der Waals surface area contributed by atoms with E-state index in [1.54, 1.807) is 4.68 Å². The van der Waals surface area contributed by atoms with Crippen LogP contribution < -0.4 is 5.56 Å². The van der Waals surface area contributed by atoms with E-state index in [0.29, 0.717) is 30.9 Å². The highest BCUT2D eigenvalue weighted by molar-refractivity contribution is 7.89. The third-order valence-corrected chi connectivity index (χ3v) is 10.7. The van der Waals surface area contributed by atoms with Crippen LogP contribution in [0, 0.1) is 6.92 Å². The number of sulfonamides is 2. The predicted octanol–water partition coefficient (Wildman–Crippen LogP) is 1.69. The highest BCUT2D eigenvalue weighted by atomic mass is 32.2. The van der Waals surface area contributed by atoms with Crippen molar-refractivity contribution in [3.8, 4) is 0 Å². The van der Waals surface area contributed by atoms with Crippen LogP contribution in [0.15, 0.2) is 63.1 Å². The maximum atomic E-state index is 13.2. The Balaban J connectivity index is 1.32. The van der Waals surface area contributed by atoms with Crippen molar-refractivity contribution in [1.29, 1.82) is 0 Å². The summed E-state index contributed by atoms with van der Waals surface area (Å²) in [5.74, 6) is 0.333. The minimum absolute atomic E-state index is 0.0201. The van der Waals surface area contributed by atoms with Gasteiger partial charge in [-0.25, -0.2) is 30.8 Å². The molecule has 2 aromatic heterocycles. The normalized spacial score (nSPS) is 15.8. The zero-order valence-electron chi connectivity index (χ0n) is 21.8. The fourth-order valence-corrected chi connectivity index (χ4v) is 6.93. The highest BCUT2D eigenvalue weighted by Gasteiger charge is 2.32. The summed E-state index contributed by atoms with van der Waals surface area (Å²) in [7, 11) is -4.65. The van der Waals surface area contributed by atoms with E-state index < -0.39 is 20.0 Å². The Hall–Kier alpha value is -3.46. The Bertz CT molecular complexity index is 1770. The first-order valence-corrected chi connectivity index (χ1v) is 15.3. The first-order valence-electron chi connectivity index (χ1n) is 12.4. The molecule has 206 valence electrons. The molecule has 0 unspecified atom stereocenters. The second kappa shape index (κ2) is 10.3. The number of fused-ring (bicyclic) bond motifs is 1. The van der Waals surface area contributed by atoms with Crippen LogP contribution in [0.1, 0.15) is 35.7 Å². The molecule has 0 aliphatic carbocycles. The number of nitrogens with one attached hydrogen (secondary N) is 1. The summed E-state index contributed by atoms with van der Waals surface area (Å²) in [6.07, 6.45) is 0.917. The molecule has 1 fully saturated rings. The van der Waals surface area contributed by atoms with Crippen molar-refractivity contribution >= 4 is 31.2 Å². The number of hydrogen-bond acceptors (Lipinski definition) is 8. The molecule has 0 spiro atoms. The van der Waals surface area contributed by atoms with Gasteiger partial charge in [0.05, 0.1) is 16.3 Å². The van der Waals surface area contributed by atoms with Gasteiger partial charge < -0.3 is 4.98 Å². The zero-order valence-corrected chi connectivity index (χ0v) is 23.4. The highest BCUT2D eigenvalue weighted by Crippen LogP contribution is 2.29. The minimum Gasteiger partial charge on any atom is -0.308 e. The Labute approximate surface area is 226 Å². The van der Waals surface area contributed by atoms with Gasteiger partial charge in [0, 0.05) is 33.1 Å². The summed E-state index contributed by atoms with van der Waals surface area (Å²) >= 11 is 0. The fraction of sp³-hybridized carbons (Fsp3) is 0.360.